The van der Waals surface area contributed by atoms with Crippen molar-refractivity contribution in [2.75, 3.05) is 20.2 Å². The Balaban J connectivity index is 2.45. The van der Waals surface area contributed by atoms with E-state index in [0.717, 1.165) is 5.56 Å². The van der Waals surface area contributed by atoms with E-state index in [4.69, 9.17) is 16.3 Å². The first kappa shape index (κ1) is 13.0. The number of likely N-dealkylation sites (N-methyl/N-ethyl adjacent to an activating group) is 1. The highest BCUT2D eigenvalue weighted by molar-refractivity contribution is 6.30. The Bertz CT molecular complexity index is 355. The minimum absolute atomic E-state index is 0.202. The first-order valence-electron chi connectivity index (χ1n) is 5.20. The van der Waals surface area contributed by atoms with Crippen LogP contribution in [0.5, 0.6) is 0 Å². The molecule has 0 radical (unpaired) electrons. The Morgan fingerprint density at radius 3 is 2.88 bits per heavy atom. The average molecular weight is 242 g/mol. The molecule has 0 aliphatic carbocycles. The number of hydrogen-bond donors (Lipinski definition) is 0. The predicted molar refractivity (Wildman–Crippen MR) is 64.4 cm³/mol. The van der Waals surface area contributed by atoms with Crippen LogP contribution in [0.4, 0.5) is 0 Å². The highest BCUT2D eigenvalue weighted by Crippen LogP contribution is 2.11. The molecule has 0 aromatic heterocycles. The number of rotatable bonds is 5. The molecule has 1 aromatic carbocycles. The Morgan fingerprint density at radius 1 is 1.50 bits per heavy atom. The largest absolute Gasteiger partial charge is 0.465 e. The van der Waals surface area contributed by atoms with E-state index in [0.29, 0.717) is 24.7 Å². The standard InChI is InChI=1S/C12H16ClNO2/c1-3-16-12(15)9-14(2)8-10-5-4-6-11(13)7-10/h4-7H,3,8-9H2,1-2H3. The Morgan fingerprint density at radius 2 is 2.25 bits per heavy atom. The molecule has 0 aliphatic heterocycles. The summed E-state index contributed by atoms with van der Waals surface area (Å²) in [5.74, 6) is -0.202. The molecule has 1 rings (SSSR count). The molecule has 0 amide bonds. The van der Waals surface area contributed by atoms with Crippen molar-refractivity contribution in [2.45, 2.75) is 13.5 Å². The molecular formula is C12H16ClNO2. The monoisotopic (exact) mass is 241 g/mol. The fourth-order valence-corrected chi connectivity index (χ4v) is 1.64. The molecule has 0 unspecified atom stereocenters. The molecule has 0 fully saturated rings. The summed E-state index contributed by atoms with van der Waals surface area (Å²) in [6.45, 7) is 3.19. The molecule has 0 saturated heterocycles. The zero-order chi connectivity index (χ0) is 12.0. The Kier molecular flexibility index (Phi) is 5.29. The van der Waals surface area contributed by atoms with Gasteiger partial charge in [-0.15, -0.1) is 0 Å². The van der Waals surface area contributed by atoms with Crippen molar-refractivity contribution in [3.05, 3.63) is 34.9 Å². The zero-order valence-corrected chi connectivity index (χ0v) is 10.3. The van der Waals surface area contributed by atoms with E-state index < -0.39 is 0 Å². The summed E-state index contributed by atoms with van der Waals surface area (Å²) in [5.41, 5.74) is 1.08. The van der Waals surface area contributed by atoms with Crippen molar-refractivity contribution in [3.8, 4) is 0 Å². The second-order valence-corrected chi connectivity index (χ2v) is 4.04. The first-order chi connectivity index (χ1) is 7.61. The highest BCUT2D eigenvalue weighted by Gasteiger charge is 2.07. The van der Waals surface area contributed by atoms with E-state index in [9.17, 15) is 4.79 Å². The summed E-state index contributed by atoms with van der Waals surface area (Å²) in [6, 6.07) is 7.60. The molecule has 0 spiro atoms. The molecule has 0 saturated carbocycles. The Labute approximate surface area is 101 Å². The summed E-state index contributed by atoms with van der Waals surface area (Å²) in [5, 5.41) is 0.710. The number of carbonyl (C=O) groups excluding carboxylic acids is 1. The van der Waals surface area contributed by atoms with Crippen LogP contribution >= 0.6 is 11.6 Å². The third-order valence-corrected chi connectivity index (χ3v) is 2.28. The molecule has 0 heterocycles. The number of nitrogens with zero attached hydrogens (tertiary/aromatic N) is 1. The van der Waals surface area contributed by atoms with Crippen LogP contribution in [-0.2, 0) is 16.1 Å². The van der Waals surface area contributed by atoms with Gasteiger partial charge in [0.1, 0.15) is 0 Å². The molecule has 1 aromatic rings. The van der Waals surface area contributed by atoms with Crippen molar-refractivity contribution in [3.63, 3.8) is 0 Å². The van der Waals surface area contributed by atoms with E-state index in [1.807, 2.05) is 36.2 Å². The lowest BCUT2D eigenvalue weighted by Crippen LogP contribution is -2.26. The van der Waals surface area contributed by atoms with Crippen molar-refractivity contribution < 1.29 is 9.53 Å². The maximum atomic E-state index is 11.2. The van der Waals surface area contributed by atoms with Gasteiger partial charge in [0.2, 0.25) is 0 Å². The topological polar surface area (TPSA) is 29.5 Å². The lowest BCUT2D eigenvalue weighted by Gasteiger charge is -2.15. The molecular weight excluding hydrogens is 226 g/mol. The fraction of sp³-hybridized carbons (Fsp3) is 0.417. The third-order valence-electron chi connectivity index (χ3n) is 2.05. The average Bonchev–Trinajstić information content (AvgIpc) is 2.17. The smallest absolute Gasteiger partial charge is 0.320 e. The van der Waals surface area contributed by atoms with Gasteiger partial charge in [-0.2, -0.15) is 0 Å². The SMILES string of the molecule is CCOC(=O)CN(C)Cc1cccc(Cl)c1. The maximum Gasteiger partial charge on any atom is 0.320 e. The van der Waals surface area contributed by atoms with Gasteiger partial charge in [0, 0.05) is 11.6 Å². The second kappa shape index (κ2) is 6.51. The summed E-state index contributed by atoms with van der Waals surface area (Å²) in [4.78, 5) is 13.1. The maximum absolute atomic E-state index is 11.2. The van der Waals surface area contributed by atoms with Crippen LogP contribution in [0.1, 0.15) is 12.5 Å². The van der Waals surface area contributed by atoms with Crippen molar-refractivity contribution >= 4 is 17.6 Å². The van der Waals surface area contributed by atoms with Crippen LogP contribution in [0.3, 0.4) is 0 Å². The van der Waals surface area contributed by atoms with Gasteiger partial charge < -0.3 is 4.74 Å². The number of esters is 1. The molecule has 0 atom stereocenters. The van der Waals surface area contributed by atoms with Gasteiger partial charge in [-0.3, -0.25) is 9.69 Å². The van der Waals surface area contributed by atoms with Gasteiger partial charge in [0.05, 0.1) is 13.2 Å². The predicted octanol–water partition coefficient (Wildman–Crippen LogP) is 2.33. The lowest BCUT2D eigenvalue weighted by molar-refractivity contribution is -0.144. The second-order valence-electron chi connectivity index (χ2n) is 3.61. The molecule has 88 valence electrons. The molecule has 3 nitrogen and oxygen atoms in total. The normalized spacial score (nSPS) is 10.5. The van der Waals surface area contributed by atoms with Gasteiger partial charge in [-0.1, -0.05) is 23.7 Å². The molecule has 0 aliphatic rings. The van der Waals surface area contributed by atoms with Gasteiger partial charge >= 0.3 is 5.97 Å². The molecule has 0 N–H and O–H groups in total. The number of ether oxygens (including phenoxy) is 1. The van der Waals surface area contributed by atoms with E-state index in [2.05, 4.69) is 0 Å². The third kappa shape index (κ3) is 4.64. The van der Waals surface area contributed by atoms with Crippen LogP contribution in [0.25, 0.3) is 0 Å². The quantitative estimate of drug-likeness (QED) is 0.741. The van der Waals surface area contributed by atoms with Gasteiger partial charge in [0.25, 0.3) is 0 Å². The van der Waals surface area contributed by atoms with Gasteiger partial charge in [-0.25, -0.2) is 0 Å². The molecule has 0 bridgehead atoms. The first-order valence-corrected chi connectivity index (χ1v) is 5.58. The van der Waals surface area contributed by atoms with Crippen molar-refractivity contribution in [1.82, 2.24) is 4.90 Å². The summed E-state index contributed by atoms with van der Waals surface area (Å²) in [7, 11) is 1.87. The van der Waals surface area contributed by atoms with E-state index in [1.54, 1.807) is 6.92 Å². The summed E-state index contributed by atoms with van der Waals surface area (Å²) < 4.78 is 4.87. The minimum Gasteiger partial charge on any atom is -0.465 e. The molecule has 4 heteroatoms. The van der Waals surface area contributed by atoms with Crippen LogP contribution in [0.15, 0.2) is 24.3 Å². The summed E-state index contributed by atoms with van der Waals surface area (Å²) in [6.07, 6.45) is 0. The van der Waals surface area contributed by atoms with Crippen LogP contribution in [0.2, 0.25) is 5.02 Å². The fourth-order valence-electron chi connectivity index (χ4n) is 1.43. The van der Waals surface area contributed by atoms with Crippen LogP contribution < -0.4 is 0 Å². The highest BCUT2D eigenvalue weighted by atomic mass is 35.5. The number of benzene rings is 1. The minimum atomic E-state index is -0.202. The van der Waals surface area contributed by atoms with Gasteiger partial charge in [-0.05, 0) is 31.7 Å². The Hall–Kier alpha value is -1.06. The van der Waals surface area contributed by atoms with E-state index in [-0.39, 0.29) is 5.97 Å². The number of hydrogen-bond acceptors (Lipinski definition) is 3. The summed E-state index contributed by atoms with van der Waals surface area (Å²) >= 11 is 5.87. The zero-order valence-electron chi connectivity index (χ0n) is 9.57. The van der Waals surface area contributed by atoms with Crippen molar-refractivity contribution in [2.24, 2.45) is 0 Å². The number of halogens is 1. The van der Waals surface area contributed by atoms with Crippen molar-refractivity contribution in [1.29, 1.82) is 0 Å². The van der Waals surface area contributed by atoms with Crippen LogP contribution in [0, 0.1) is 0 Å². The van der Waals surface area contributed by atoms with Crippen LogP contribution in [-0.4, -0.2) is 31.1 Å². The van der Waals surface area contributed by atoms with Gasteiger partial charge in [0.15, 0.2) is 0 Å². The lowest BCUT2D eigenvalue weighted by atomic mass is 10.2. The van der Waals surface area contributed by atoms with E-state index in [1.165, 1.54) is 0 Å². The number of carbonyl (C=O) groups is 1. The van der Waals surface area contributed by atoms with E-state index >= 15 is 0 Å². The molecule has 16 heavy (non-hydrogen) atoms.